The van der Waals surface area contributed by atoms with E-state index in [9.17, 15) is 48.6 Å². The fraction of sp³-hybridized carbons (Fsp3) is 0.611. The Morgan fingerprint density at radius 2 is 1.39 bits per heavy atom. The lowest BCUT2D eigenvalue weighted by Gasteiger charge is -2.31. The Morgan fingerprint density at radius 1 is 0.815 bits per heavy atom. The van der Waals surface area contributed by atoms with Crippen molar-refractivity contribution in [3.8, 4) is 0 Å². The molecular weight excluding hydrogens is 704 g/mol. The van der Waals surface area contributed by atoms with Gasteiger partial charge in [-0.1, -0.05) is 64.4 Å². The SMILES string of the molecule is CC[C@H](C)[C@H](NC(=O)[C@H](C)NC(=O)[C@H](CC(C)C)NC(=O)[C@H](CO)NC(=O)[C@H](CC(N)=O)NC(=O)[C@@H](N)Cc1ccccc1)C(=O)N1CCC[C@H]1C(=O)O. The van der Waals surface area contributed by atoms with Crippen molar-refractivity contribution in [1.82, 2.24) is 31.5 Å². The molecule has 0 spiro atoms. The van der Waals surface area contributed by atoms with Gasteiger partial charge in [0, 0.05) is 6.54 Å². The summed E-state index contributed by atoms with van der Waals surface area (Å²) in [6.45, 7) is 7.80. The number of carbonyl (C=O) groups excluding carboxylic acids is 7. The van der Waals surface area contributed by atoms with Gasteiger partial charge in [-0.25, -0.2) is 4.79 Å². The summed E-state index contributed by atoms with van der Waals surface area (Å²) < 4.78 is 0. The highest BCUT2D eigenvalue weighted by Gasteiger charge is 2.40. The Balaban J connectivity index is 2.12. The predicted octanol–water partition coefficient (Wildman–Crippen LogP) is -1.96. The van der Waals surface area contributed by atoms with Crippen LogP contribution in [0, 0.1) is 11.8 Å². The van der Waals surface area contributed by atoms with Gasteiger partial charge in [-0.15, -0.1) is 0 Å². The summed E-state index contributed by atoms with van der Waals surface area (Å²) in [6.07, 6.45) is 0.862. The lowest BCUT2D eigenvalue weighted by molar-refractivity contribution is -0.150. The molecule has 0 aromatic heterocycles. The third-order valence-electron chi connectivity index (χ3n) is 9.18. The van der Waals surface area contributed by atoms with Crippen LogP contribution in [0.25, 0.3) is 0 Å². The van der Waals surface area contributed by atoms with Crippen molar-refractivity contribution < 1.29 is 48.6 Å². The summed E-state index contributed by atoms with van der Waals surface area (Å²) in [7, 11) is 0. The minimum Gasteiger partial charge on any atom is -0.480 e. The molecule has 0 aliphatic carbocycles. The average Bonchev–Trinajstić information content (AvgIpc) is 3.62. The molecule has 1 heterocycles. The minimum atomic E-state index is -1.63. The number of aliphatic hydroxyl groups is 1. The lowest BCUT2D eigenvalue weighted by atomic mass is 9.97. The van der Waals surface area contributed by atoms with Crippen LogP contribution in [0.3, 0.4) is 0 Å². The molecule has 0 radical (unpaired) electrons. The number of carboxylic acid groups (broad SMARTS) is 1. The van der Waals surface area contributed by atoms with E-state index in [0.29, 0.717) is 19.3 Å². The maximum absolute atomic E-state index is 13.4. The number of hydrogen-bond donors (Lipinski definition) is 9. The molecule has 2 rings (SSSR count). The van der Waals surface area contributed by atoms with Crippen molar-refractivity contribution in [3.63, 3.8) is 0 Å². The standard InChI is InChI=1S/C36H56N8O10/c1-6-20(4)29(35(52)44-14-10-13-27(44)36(53)54)43-30(47)21(5)39-32(49)24(15-19(2)3)41-34(51)26(18-45)42-33(50)25(17-28(38)46)40-31(48)23(37)16-22-11-8-7-9-12-22/h7-9,11-12,19-21,23-27,29,45H,6,10,13-18,37H2,1-5H3,(H2,38,46)(H,39,49)(H,40,48)(H,41,51)(H,42,50)(H,43,47)(H,53,54)/t20-,21-,23-,24-,25-,26-,27-,29-/m0/s1. The van der Waals surface area contributed by atoms with E-state index in [-0.39, 0.29) is 31.2 Å². The van der Waals surface area contributed by atoms with Gasteiger partial charge in [0.1, 0.15) is 36.3 Å². The van der Waals surface area contributed by atoms with Crippen molar-refractivity contribution in [2.24, 2.45) is 23.3 Å². The maximum atomic E-state index is 13.4. The zero-order valence-electron chi connectivity index (χ0n) is 31.5. The van der Waals surface area contributed by atoms with Gasteiger partial charge >= 0.3 is 5.97 Å². The van der Waals surface area contributed by atoms with Crippen molar-refractivity contribution in [2.75, 3.05) is 13.2 Å². The number of carboxylic acids is 1. The third kappa shape index (κ3) is 13.7. The number of benzene rings is 1. The minimum absolute atomic E-state index is 0.0805. The Hall–Kier alpha value is -5.10. The topological polar surface area (TPSA) is 292 Å². The van der Waals surface area contributed by atoms with E-state index in [2.05, 4.69) is 26.6 Å². The zero-order valence-corrected chi connectivity index (χ0v) is 31.5. The first-order valence-corrected chi connectivity index (χ1v) is 18.1. The highest BCUT2D eigenvalue weighted by molar-refractivity contribution is 5.98. The van der Waals surface area contributed by atoms with Crippen molar-refractivity contribution >= 4 is 47.3 Å². The summed E-state index contributed by atoms with van der Waals surface area (Å²) in [4.78, 5) is 104. The van der Waals surface area contributed by atoms with E-state index in [1.165, 1.54) is 11.8 Å². The van der Waals surface area contributed by atoms with E-state index < -0.39 is 103 Å². The molecule has 8 atom stereocenters. The number of rotatable bonds is 21. The molecule has 1 saturated heterocycles. The molecule has 18 heteroatoms. The first kappa shape index (κ1) is 45.1. The van der Waals surface area contributed by atoms with Crippen LogP contribution in [0.2, 0.25) is 0 Å². The first-order chi connectivity index (χ1) is 25.4. The van der Waals surface area contributed by atoms with Gasteiger partial charge in [0.05, 0.1) is 19.1 Å². The number of primary amides is 1. The van der Waals surface area contributed by atoms with Crippen LogP contribution in [-0.2, 0) is 44.8 Å². The second kappa shape index (κ2) is 21.6. The van der Waals surface area contributed by atoms with Crippen molar-refractivity contribution in [1.29, 1.82) is 0 Å². The van der Waals surface area contributed by atoms with Crippen LogP contribution in [-0.4, -0.2) is 118 Å². The van der Waals surface area contributed by atoms with Crippen LogP contribution >= 0.6 is 0 Å². The van der Waals surface area contributed by atoms with Crippen molar-refractivity contribution in [2.45, 2.75) is 115 Å². The van der Waals surface area contributed by atoms with Gasteiger partial charge in [-0.05, 0) is 50.0 Å². The van der Waals surface area contributed by atoms with E-state index in [4.69, 9.17) is 11.5 Å². The van der Waals surface area contributed by atoms with Crippen LogP contribution in [0.5, 0.6) is 0 Å². The summed E-state index contributed by atoms with van der Waals surface area (Å²) >= 11 is 0. The normalized spacial score (nSPS) is 17.9. The highest BCUT2D eigenvalue weighted by atomic mass is 16.4. The van der Waals surface area contributed by atoms with Gasteiger partial charge in [0.2, 0.25) is 41.4 Å². The Labute approximate surface area is 314 Å². The molecule has 0 bridgehead atoms. The number of likely N-dealkylation sites (tertiary alicyclic amines) is 1. The molecule has 1 aromatic carbocycles. The van der Waals surface area contributed by atoms with Gasteiger partial charge in [-0.2, -0.15) is 0 Å². The van der Waals surface area contributed by atoms with E-state index in [0.717, 1.165) is 5.56 Å². The fourth-order valence-electron chi connectivity index (χ4n) is 5.90. The molecule has 0 saturated carbocycles. The van der Waals surface area contributed by atoms with Gasteiger partial charge in [-0.3, -0.25) is 33.6 Å². The summed E-state index contributed by atoms with van der Waals surface area (Å²) in [5.74, 6) is -7.37. The van der Waals surface area contributed by atoms with Gasteiger partial charge in [0.25, 0.3) is 0 Å². The smallest absolute Gasteiger partial charge is 0.326 e. The molecule has 54 heavy (non-hydrogen) atoms. The summed E-state index contributed by atoms with van der Waals surface area (Å²) in [6, 6.07) is 0.0742. The molecule has 0 unspecified atom stereocenters. The molecule has 18 nitrogen and oxygen atoms in total. The molecule has 1 aliphatic heterocycles. The second-order valence-corrected chi connectivity index (χ2v) is 14.1. The number of nitrogens with zero attached hydrogens (tertiary/aromatic N) is 1. The van der Waals surface area contributed by atoms with E-state index in [1.807, 2.05) is 6.92 Å². The Kier molecular flexibility index (Phi) is 18.0. The maximum Gasteiger partial charge on any atom is 0.326 e. The molecular formula is C36H56N8O10. The van der Waals surface area contributed by atoms with E-state index in [1.54, 1.807) is 51.1 Å². The molecule has 1 aliphatic rings. The van der Waals surface area contributed by atoms with Gasteiger partial charge in [0.15, 0.2) is 0 Å². The number of hydrogen-bond acceptors (Lipinski definition) is 10. The summed E-state index contributed by atoms with van der Waals surface area (Å²) in [5, 5.41) is 31.9. The van der Waals surface area contributed by atoms with Gasteiger partial charge < -0.3 is 53.2 Å². The van der Waals surface area contributed by atoms with Crippen molar-refractivity contribution in [3.05, 3.63) is 35.9 Å². The number of nitrogens with two attached hydrogens (primary N) is 2. The Bertz CT molecular complexity index is 1490. The Morgan fingerprint density at radius 3 is 1.94 bits per heavy atom. The van der Waals surface area contributed by atoms with E-state index >= 15 is 0 Å². The molecule has 11 N–H and O–H groups in total. The third-order valence-corrected chi connectivity index (χ3v) is 9.18. The predicted molar refractivity (Wildman–Crippen MR) is 196 cm³/mol. The monoisotopic (exact) mass is 760 g/mol. The fourth-order valence-corrected chi connectivity index (χ4v) is 5.90. The largest absolute Gasteiger partial charge is 0.480 e. The number of carbonyl (C=O) groups is 8. The lowest BCUT2D eigenvalue weighted by Crippen LogP contribution is -2.60. The molecule has 1 fully saturated rings. The quantitative estimate of drug-likeness (QED) is 0.0663. The number of amides is 7. The molecule has 1 aromatic rings. The first-order valence-electron chi connectivity index (χ1n) is 18.1. The van der Waals surface area contributed by atoms with Crippen LogP contribution < -0.4 is 38.1 Å². The average molecular weight is 761 g/mol. The molecule has 7 amide bonds. The van der Waals surface area contributed by atoms with Crippen LogP contribution in [0.4, 0.5) is 0 Å². The highest BCUT2D eigenvalue weighted by Crippen LogP contribution is 2.21. The number of aliphatic hydroxyl groups excluding tert-OH is 1. The second-order valence-electron chi connectivity index (χ2n) is 14.1. The summed E-state index contributed by atoms with van der Waals surface area (Å²) in [5.41, 5.74) is 12.1. The van der Waals surface area contributed by atoms with Crippen LogP contribution in [0.1, 0.15) is 72.3 Å². The van der Waals surface area contributed by atoms with Crippen LogP contribution in [0.15, 0.2) is 30.3 Å². The number of nitrogens with one attached hydrogen (secondary N) is 5. The zero-order chi connectivity index (χ0) is 40.7. The molecule has 300 valence electrons. The number of aliphatic carboxylic acids is 1.